The Balaban J connectivity index is 2.76. The van der Waals surface area contributed by atoms with Crippen molar-refractivity contribution >= 4 is 5.91 Å². The number of amides is 1. The van der Waals surface area contributed by atoms with Gasteiger partial charge in [-0.25, -0.2) is 0 Å². The number of aliphatic hydroxyl groups is 1. The number of nitrogens with zero attached hydrogens (tertiary/aromatic N) is 1. The van der Waals surface area contributed by atoms with Crippen molar-refractivity contribution in [3.05, 3.63) is 29.3 Å². The lowest BCUT2D eigenvalue weighted by molar-refractivity contribution is 0.1000. The second-order valence-electron chi connectivity index (χ2n) is 4.67. The minimum absolute atomic E-state index is 0.372. The zero-order valence-corrected chi connectivity index (χ0v) is 12.4. The molecule has 5 heteroatoms. The molecular formula is C15H24N2O3. The maximum Gasteiger partial charge on any atom is 0.248 e. The molecule has 0 fully saturated rings. The van der Waals surface area contributed by atoms with Crippen LogP contribution in [0.5, 0.6) is 5.75 Å². The fourth-order valence-corrected chi connectivity index (χ4v) is 1.98. The SMILES string of the molecule is CCN(CC)CCOc1ccc(C(N)=O)cc1C(C)O. The topological polar surface area (TPSA) is 75.8 Å². The van der Waals surface area contributed by atoms with Gasteiger partial charge in [-0.2, -0.15) is 0 Å². The standard InChI is InChI=1S/C15H24N2O3/c1-4-17(5-2)8-9-20-14-7-6-12(15(16)19)10-13(14)11(3)18/h6-7,10-11,18H,4-5,8-9H2,1-3H3,(H2,16,19). The maximum atomic E-state index is 11.2. The van der Waals surface area contributed by atoms with Crippen LogP contribution in [-0.4, -0.2) is 42.2 Å². The minimum Gasteiger partial charge on any atom is -0.492 e. The molecule has 1 rings (SSSR count). The molecule has 20 heavy (non-hydrogen) atoms. The molecule has 0 bridgehead atoms. The lowest BCUT2D eigenvalue weighted by atomic mass is 10.1. The van der Waals surface area contributed by atoms with Gasteiger partial charge in [0.1, 0.15) is 12.4 Å². The Labute approximate surface area is 120 Å². The summed E-state index contributed by atoms with van der Waals surface area (Å²) in [6.07, 6.45) is -0.710. The molecule has 0 saturated heterocycles. The smallest absolute Gasteiger partial charge is 0.248 e. The molecule has 0 heterocycles. The summed E-state index contributed by atoms with van der Waals surface area (Å²) in [5.74, 6) is 0.0822. The summed E-state index contributed by atoms with van der Waals surface area (Å²) in [6.45, 7) is 9.16. The Morgan fingerprint density at radius 2 is 2.05 bits per heavy atom. The Morgan fingerprint density at radius 1 is 1.40 bits per heavy atom. The van der Waals surface area contributed by atoms with Crippen LogP contribution in [-0.2, 0) is 0 Å². The van der Waals surface area contributed by atoms with Gasteiger partial charge in [-0.15, -0.1) is 0 Å². The number of aliphatic hydroxyl groups excluding tert-OH is 1. The van der Waals surface area contributed by atoms with E-state index in [1.807, 2.05) is 0 Å². The van der Waals surface area contributed by atoms with Gasteiger partial charge in [-0.1, -0.05) is 13.8 Å². The number of rotatable bonds is 8. The van der Waals surface area contributed by atoms with Crippen LogP contribution >= 0.6 is 0 Å². The van der Waals surface area contributed by atoms with Gasteiger partial charge in [0.2, 0.25) is 5.91 Å². The van der Waals surface area contributed by atoms with E-state index in [9.17, 15) is 9.90 Å². The summed E-state index contributed by atoms with van der Waals surface area (Å²) in [4.78, 5) is 13.4. The number of carbonyl (C=O) groups is 1. The molecule has 0 aliphatic heterocycles. The second-order valence-corrected chi connectivity index (χ2v) is 4.67. The predicted molar refractivity (Wildman–Crippen MR) is 78.9 cm³/mol. The van der Waals surface area contributed by atoms with E-state index in [0.717, 1.165) is 19.6 Å². The highest BCUT2D eigenvalue weighted by atomic mass is 16.5. The van der Waals surface area contributed by atoms with Crippen LogP contribution in [0.1, 0.15) is 42.8 Å². The van der Waals surface area contributed by atoms with Gasteiger partial charge >= 0.3 is 0 Å². The molecule has 1 aromatic carbocycles. The minimum atomic E-state index is -0.710. The van der Waals surface area contributed by atoms with Crippen LogP contribution in [0.25, 0.3) is 0 Å². The van der Waals surface area contributed by atoms with Crippen molar-refractivity contribution in [2.75, 3.05) is 26.2 Å². The van der Waals surface area contributed by atoms with Gasteiger partial charge in [0.25, 0.3) is 0 Å². The number of nitrogens with two attached hydrogens (primary N) is 1. The molecule has 0 aromatic heterocycles. The molecule has 1 atom stereocenters. The molecule has 0 saturated carbocycles. The van der Waals surface area contributed by atoms with Crippen LogP contribution in [0.4, 0.5) is 0 Å². The number of hydrogen-bond acceptors (Lipinski definition) is 4. The number of hydrogen-bond donors (Lipinski definition) is 2. The Morgan fingerprint density at radius 3 is 2.55 bits per heavy atom. The predicted octanol–water partition coefficient (Wildman–Crippen LogP) is 1.56. The van der Waals surface area contributed by atoms with Crippen molar-refractivity contribution in [2.45, 2.75) is 26.9 Å². The van der Waals surface area contributed by atoms with Crippen LogP contribution in [0.15, 0.2) is 18.2 Å². The van der Waals surface area contributed by atoms with Crippen molar-refractivity contribution in [1.29, 1.82) is 0 Å². The second kappa shape index (κ2) is 7.87. The summed E-state index contributed by atoms with van der Waals surface area (Å²) in [5.41, 5.74) is 6.20. The zero-order valence-electron chi connectivity index (χ0n) is 12.4. The number of carbonyl (C=O) groups excluding carboxylic acids is 1. The van der Waals surface area contributed by atoms with Crippen molar-refractivity contribution in [2.24, 2.45) is 5.73 Å². The normalized spacial score (nSPS) is 12.4. The first-order chi connectivity index (χ1) is 9.49. The van der Waals surface area contributed by atoms with Crippen LogP contribution in [0.2, 0.25) is 0 Å². The zero-order chi connectivity index (χ0) is 15.1. The van der Waals surface area contributed by atoms with E-state index in [4.69, 9.17) is 10.5 Å². The molecule has 1 unspecified atom stereocenters. The van der Waals surface area contributed by atoms with Crippen LogP contribution < -0.4 is 10.5 Å². The third-order valence-corrected chi connectivity index (χ3v) is 3.30. The van der Waals surface area contributed by atoms with E-state index in [2.05, 4.69) is 18.7 Å². The Bertz CT molecular complexity index is 443. The van der Waals surface area contributed by atoms with E-state index < -0.39 is 12.0 Å². The van der Waals surface area contributed by atoms with Crippen molar-refractivity contribution in [1.82, 2.24) is 4.90 Å². The monoisotopic (exact) mass is 280 g/mol. The molecule has 0 aliphatic rings. The third-order valence-electron chi connectivity index (χ3n) is 3.30. The van der Waals surface area contributed by atoms with E-state index in [-0.39, 0.29) is 0 Å². The van der Waals surface area contributed by atoms with Gasteiger partial charge < -0.3 is 20.5 Å². The molecule has 0 aliphatic carbocycles. The van der Waals surface area contributed by atoms with Gasteiger partial charge in [0, 0.05) is 17.7 Å². The average molecular weight is 280 g/mol. The number of likely N-dealkylation sites (N-methyl/N-ethyl adjacent to an activating group) is 1. The van der Waals surface area contributed by atoms with Gasteiger partial charge in [-0.3, -0.25) is 4.79 Å². The maximum absolute atomic E-state index is 11.2. The molecule has 1 amide bonds. The largest absolute Gasteiger partial charge is 0.492 e. The molecule has 3 N–H and O–H groups in total. The van der Waals surface area contributed by atoms with Crippen LogP contribution in [0, 0.1) is 0 Å². The molecule has 1 aromatic rings. The number of benzene rings is 1. The molecule has 0 spiro atoms. The van der Waals surface area contributed by atoms with E-state index >= 15 is 0 Å². The molecule has 112 valence electrons. The fraction of sp³-hybridized carbons (Fsp3) is 0.533. The molecule has 0 radical (unpaired) electrons. The fourth-order valence-electron chi connectivity index (χ4n) is 1.98. The average Bonchev–Trinajstić information content (AvgIpc) is 2.43. The van der Waals surface area contributed by atoms with Gasteiger partial charge in [-0.05, 0) is 38.2 Å². The van der Waals surface area contributed by atoms with Gasteiger partial charge in [0.05, 0.1) is 6.10 Å². The van der Waals surface area contributed by atoms with Crippen molar-refractivity contribution < 1.29 is 14.6 Å². The number of primary amides is 1. The summed E-state index contributed by atoms with van der Waals surface area (Å²) in [5, 5.41) is 9.77. The van der Waals surface area contributed by atoms with E-state index in [1.54, 1.807) is 25.1 Å². The van der Waals surface area contributed by atoms with E-state index in [0.29, 0.717) is 23.5 Å². The highest BCUT2D eigenvalue weighted by Gasteiger charge is 2.12. The first kappa shape index (κ1) is 16.5. The van der Waals surface area contributed by atoms with Crippen molar-refractivity contribution in [3.63, 3.8) is 0 Å². The Kier molecular flexibility index (Phi) is 6.48. The van der Waals surface area contributed by atoms with E-state index in [1.165, 1.54) is 0 Å². The highest BCUT2D eigenvalue weighted by Crippen LogP contribution is 2.26. The highest BCUT2D eigenvalue weighted by molar-refractivity contribution is 5.93. The lowest BCUT2D eigenvalue weighted by Gasteiger charge is -2.19. The Hall–Kier alpha value is -1.59. The first-order valence-electron chi connectivity index (χ1n) is 6.96. The summed E-state index contributed by atoms with van der Waals surface area (Å²) in [6, 6.07) is 4.88. The third kappa shape index (κ3) is 4.51. The number of ether oxygens (including phenoxy) is 1. The molecule has 5 nitrogen and oxygen atoms in total. The summed E-state index contributed by atoms with van der Waals surface area (Å²) in [7, 11) is 0. The molecular weight excluding hydrogens is 256 g/mol. The van der Waals surface area contributed by atoms with Crippen LogP contribution in [0.3, 0.4) is 0 Å². The van der Waals surface area contributed by atoms with Crippen molar-refractivity contribution in [3.8, 4) is 5.75 Å². The quantitative estimate of drug-likeness (QED) is 0.757. The lowest BCUT2D eigenvalue weighted by Crippen LogP contribution is -2.28. The summed E-state index contributed by atoms with van der Waals surface area (Å²) >= 11 is 0. The first-order valence-corrected chi connectivity index (χ1v) is 6.96. The summed E-state index contributed by atoms with van der Waals surface area (Å²) < 4.78 is 5.71. The van der Waals surface area contributed by atoms with Gasteiger partial charge in [0.15, 0.2) is 0 Å².